The van der Waals surface area contributed by atoms with Gasteiger partial charge in [-0.1, -0.05) is 6.07 Å². The summed E-state index contributed by atoms with van der Waals surface area (Å²) in [7, 11) is 0. The van der Waals surface area contributed by atoms with Gasteiger partial charge in [-0.05, 0) is 31.9 Å². The minimum atomic E-state index is 0.455. The lowest BCUT2D eigenvalue weighted by Gasteiger charge is -2.31. The second-order valence-corrected chi connectivity index (χ2v) is 5.38. The standard InChI is InChI=1S/C15H21N5O/c1-2-21-14-6-5-12(8-16-14)9-20-7-3-4-13(10-20)15-17-11-18-19-15/h5-6,8,11,13H,2-4,7,9-10H2,1H3,(H,17,18,19)/t13-/m1/s1. The number of hydrogen-bond donors (Lipinski definition) is 1. The zero-order valence-electron chi connectivity index (χ0n) is 12.3. The lowest BCUT2D eigenvalue weighted by molar-refractivity contribution is 0.196. The van der Waals surface area contributed by atoms with E-state index >= 15 is 0 Å². The van der Waals surface area contributed by atoms with Crippen LogP contribution in [0.25, 0.3) is 0 Å². The molecule has 1 N–H and O–H groups in total. The Morgan fingerprint density at radius 1 is 1.38 bits per heavy atom. The fourth-order valence-electron chi connectivity index (χ4n) is 2.83. The molecule has 112 valence electrons. The average Bonchev–Trinajstić information content (AvgIpc) is 3.04. The Kier molecular flexibility index (Phi) is 4.45. The third-order valence-corrected chi connectivity index (χ3v) is 3.82. The summed E-state index contributed by atoms with van der Waals surface area (Å²) >= 11 is 0. The Balaban J connectivity index is 1.59. The van der Waals surface area contributed by atoms with Crippen molar-refractivity contribution in [2.75, 3.05) is 19.7 Å². The second-order valence-electron chi connectivity index (χ2n) is 5.38. The number of aromatic amines is 1. The third-order valence-electron chi connectivity index (χ3n) is 3.82. The number of pyridine rings is 1. The molecule has 1 atom stereocenters. The van der Waals surface area contributed by atoms with Crippen LogP contribution in [0.15, 0.2) is 24.7 Å². The highest BCUT2D eigenvalue weighted by Gasteiger charge is 2.23. The van der Waals surface area contributed by atoms with Crippen molar-refractivity contribution in [3.63, 3.8) is 0 Å². The molecule has 1 saturated heterocycles. The molecule has 0 saturated carbocycles. The van der Waals surface area contributed by atoms with Gasteiger partial charge in [0, 0.05) is 31.3 Å². The van der Waals surface area contributed by atoms with Crippen LogP contribution in [-0.4, -0.2) is 44.8 Å². The van der Waals surface area contributed by atoms with Gasteiger partial charge in [0.1, 0.15) is 12.2 Å². The summed E-state index contributed by atoms with van der Waals surface area (Å²) in [6, 6.07) is 4.03. The van der Waals surface area contributed by atoms with E-state index in [0.717, 1.165) is 25.5 Å². The SMILES string of the molecule is CCOc1ccc(CN2CCC[C@@H](c3ncn[nH]3)C2)cn1. The maximum atomic E-state index is 5.37. The number of ether oxygens (including phenoxy) is 1. The Bertz CT molecular complexity index is 540. The molecule has 0 radical (unpaired) electrons. The highest BCUT2D eigenvalue weighted by atomic mass is 16.5. The zero-order valence-corrected chi connectivity index (χ0v) is 12.3. The van der Waals surface area contributed by atoms with E-state index in [9.17, 15) is 0 Å². The third kappa shape index (κ3) is 3.58. The van der Waals surface area contributed by atoms with E-state index in [1.165, 1.54) is 18.4 Å². The molecule has 6 nitrogen and oxygen atoms in total. The van der Waals surface area contributed by atoms with Gasteiger partial charge >= 0.3 is 0 Å². The number of piperidine rings is 1. The maximum Gasteiger partial charge on any atom is 0.213 e. The van der Waals surface area contributed by atoms with E-state index in [-0.39, 0.29) is 0 Å². The molecule has 3 heterocycles. The fraction of sp³-hybridized carbons (Fsp3) is 0.533. The molecule has 0 bridgehead atoms. The maximum absolute atomic E-state index is 5.37. The van der Waals surface area contributed by atoms with Gasteiger partial charge in [0.05, 0.1) is 6.61 Å². The van der Waals surface area contributed by atoms with E-state index in [1.807, 2.05) is 19.2 Å². The van der Waals surface area contributed by atoms with Crippen molar-refractivity contribution in [1.82, 2.24) is 25.1 Å². The van der Waals surface area contributed by atoms with Gasteiger partial charge in [0.2, 0.25) is 5.88 Å². The quantitative estimate of drug-likeness (QED) is 0.910. The molecule has 2 aromatic rings. The van der Waals surface area contributed by atoms with Gasteiger partial charge in [-0.25, -0.2) is 9.97 Å². The van der Waals surface area contributed by atoms with E-state index in [4.69, 9.17) is 4.74 Å². The van der Waals surface area contributed by atoms with Crippen LogP contribution in [0.5, 0.6) is 5.88 Å². The minimum Gasteiger partial charge on any atom is -0.478 e. The lowest BCUT2D eigenvalue weighted by Crippen LogP contribution is -2.34. The predicted molar refractivity (Wildman–Crippen MR) is 79.0 cm³/mol. The van der Waals surface area contributed by atoms with Crippen molar-refractivity contribution in [1.29, 1.82) is 0 Å². The van der Waals surface area contributed by atoms with E-state index in [0.29, 0.717) is 18.4 Å². The molecule has 1 aliphatic heterocycles. The summed E-state index contributed by atoms with van der Waals surface area (Å²) in [4.78, 5) is 11.1. The normalized spacial score (nSPS) is 19.6. The molecule has 3 rings (SSSR count). The molecule has 0 aromatic carbocycles. The zero-order chi connectivity index (χ0) is 14.5. The van der Waals surface area contributed by atoms with Crippen LogP contribution in [0.3, 0.4) is 0 Å². The highest BCUT2D eigenvalue weighted by molar-refractivity contribution is 5.18. The molecule has 2 aromatic heterocycles. The smallest absolute Gasteiger partial charge is 0.213 e. The Morgan fingerprint density at radius 3 is 3.05 bits per heavy atom. The minimum absolute atomic E-state index is 0.455. The van der Waals surface area contributed by atoms with Crippen molar-refractivity contribution in [2.45, 2.75) is 32.2 Å². The van der Waals surface area contributed by atoms with Crippen LogP contribution >= 0.6 is 0 Å². The van der Waals surface area contributed by atoms with E-state index < -0.39 is 0 Å². The molecular weight excluding hydrogens is 266 g/mol. The van der Waals surface area contributed by atoms with Crippen LogP contribution in [0.2, 0.25) is 0 Å². The number of aromatic nitrogens is 4. The summed E-state index contributed by atoms with van der Waals surface area (Å²) in [5, 5.41) is 6.95. The van der Waals surface area contributed by atoms with Gasteiger partial charge in [0.25, 0.3) is 0 Å². The highest BCUT2D eigenvalue weighted by Crippen LogP contribution is 2.25. The second kappa shape index (κ2) is 6.67. The monoisotopic (exact) mass is 287 g/mol. The molecule has 21 heavy (non-hydrogen) atoms. The molecule has 0 unspecified atom stereocenters. The van der Waals surface area contributed by atoms with Crippen LogP contribution in [0.1, 0.15) is 37.1 Å². The first kappa shape index (κ1) is 14.0. The van der Waals surface area contributed by atoms with Crippen molar-refractivity contribution in [3.8, 4) is 5.88 Å². The molecule has 1 fully saturated rings. The molecule has 6 heteroatoms. The van der Waals surface area contributed by atoms with Gasteiger partial charge in [-0.15, -0.1) is 0 Å². The van der Waals surface area contributed by atoms with E-state index in [2.05, 4.69) is 31.1 Å². The number of nitrogens with one attached hydrogen (secondary N) is 1. The number of rotatable bonds is 5. The summed E-state index contributed by atoms with van der Waals surface area (Å²) in [5.74, 6) is 2.15. The van der Waals surface area contributed by atoms with Crippen molar-refractivity contribution < 1.29 is 4.74 Å². The Morgan fingerprint density at radius 2 is 2.33 bits per heavy atom. The van der Waals surface area contributed by atoms with Crippen molar-refractivity contribution in [3.05, 3.63) is 36.0 Å². The Hall–Kier alpha value is -1.95. The van der Waals surface area contributed by atoms with Crippen LogP contribution in [0.4, 0.5) is 0 Å². The molecular formula is C15H21N5O. The van der Waals surface area contributed by atoms with Gasteiger partial charge in [-0.2, -0.15) is 5.10 Å². The molecule has 0 aliphatic carbocycles. The summed E-state index contributed by atoms with van der Waals surface area (Å²) in [6.45, 7) is 5.68. The topological polar surface area (TPSA) is 66.9 Å². The van der Waals surface area contributed by atoms with Crippen LogP contribution < -0.4 is 4.74 Å². The van der Waals surface area contributed by atoms with Crippen molar-refractivity contribution >= 4 is 0 Å². The van der Waals surface area contributed by atoms with Crippen LogP contribution in [-0.2, 0) is 6.54 Å². The first-order valence-electron chi connectivity index (χ1n) is 7.50. The first-order valence-corrected chi connectivity index (χ1v) is 7.50. The summed E-state index contributed by atoms with van der Waals surface area (Å²) < 4.78 is 5.37. The number of likely N-dealkylation sites (tertiary alicyclic amines) is 1. The van der Waals surface area contributed by atoms with Gasteiger partial charge in [0.15, 0.2) is 0 Å². The molecule has 0 spiro atoms. The number of nitrogens with zero attached hydrogens (tertiary/aromatic N) is 4. The summed E-state index contributed by atoms with van der Waals surface area (Å²) in [6.07, 6.45) is 5.86. The predicted octanol–water partition coefficient (Wildman–Crippen LogP) is 1.98. The average molecular weight is 287 g/mol. The number of H-pyrrole nitrogens is 1. The molecule has 1 aliphatic rings. The summed E-state index contributed by atoms with van der Waals surface area (Å²) in [5.41, 5.74) is 1.22. The number of hydrogen-bond acceptors (Lipinski definition) is 5. The van der Waals surface area contributed by atoms with Gasteiger partial charge in [-0.3, -0.25) is 10.00 Å². The van der Waals surface area contributed by atoms with E-state index in [1.54, 1.807) is 6.33 Å². The Labute approximate surface area is 124 Å². The fourth-order valence-corrected chi connectivity index (χ4v) is 2.83. The van der Waals surface area contributed by atoms with Crippen LogP contribution in [0, 0.1) is 0 Å². The lowest BCUT2D eigenvalue weighted by atomic mass is 9.97. The van der Waals surface area contributed by atoms with Crippen molar-refractivity contribution in [2.24, 2.45) is 0 Å². The largest absolute Gasteiger partial charge is 0.478 e. The molecule has 0 amide bonds. The first-order chi connectivity index (χ1) is 10.3. The van der Waals surface area contributed by atoms with Gasteiger partial charge < -0.3 is 4.74 Å².